The van der Waals surface area contributed by atoms with E-state index in [1.54, 1.807) is 25.5 Å². The molecule has 0 spiro atoms. The smallest absolute Gasteiger partial charge is 0.292 e. The molecule has 0 amide bonds. The van der Waals surface area contributed by atoms with Crippen molar-refractivity contribution in [2.24, 2.45) is 5.10 Å². The summed E-state index contributed by atoms with van der Waals surface area (Å²) in [5, 5.41) is 8.29. The summed E-state index contributed by atoms with van der Waals surface area (Å²) in [6, 6.07) is 14.5. The van der Waals surface area contributed by atoms with Crippen molar-refractivity contribution in [3.63, 3.8) is 0 Å². The molecule has 0 saturated carbocycles. The Morgan fingerprint density at radius 2 is 2.00 bits per heavy atom. The van der Waals surface area contributed by atoms with Gasteiger partial charge in [-0.2, -0.15) is 14.9 Å². The molecule has 0 bridgehead atoms. The van der Waals surface area contributed by atoms with Gasteiger partial charge in [0.25, 0.3) is 5.56 Å². The van der Waals surface area contributed by atoms with Gasteiger partial charge in [0.1, 0.15) is 10.7 Å². The maximum atomic E-state index is 12.5. The quantitative estimate of drug-likeness (QED) is 0.444. The average Bonchev–Trinajstić information content (AvgIpc) is 2.76. The van der Waals surface area contributed by atoms with Crippen LogP contribution in [0, 0.1) is 0 Å². The Morgan fingerprint density at radius 3 is 2.72 bits per heavy atom. The molecule has 0 fully saturated rings. The molecule has 0 unspecified atom stereocenters. The lowest BCUT2D eigenvalue weighted by Gasteiger charge is -2.10. The number of nitrogens with zero attached hydrogens (tertiary/aromatic N) is 3. The third kappa shape index (κ3) is 4.94. The summed E-state index contributed by atoms with van der Waals surface area (Å²) in [5.41, 5.74) is 4.06. The van der Waals surface area contributed by atoms with E-state index in [0.717, 1.165) is 12.0 Å². The summed E-state index contributed by atoms with van der Waals surface area (Å²) in [6.07, 6.45) is 3.95. The number of aromatic nitrogens is 2. The highest BCUT2D eigenvalue weighted by Crippen LogP contribution is 2.27. The number of para-hydroxylation sites is 1. The molecule has 0 aliphatic carbocycles. The largest absolute Gasteiger partial charge is 0.493 e. The van der Waals surface area contributed by atoms with E-state index in [4.69, 9.17) is 21.1 Å². The topological polar surface area (TPSA) is 77.7 Å². The molecule has 3 rings (SSSR count). The zero-order chi connectivity index (χ0) is 20.6. The first-order valence-electron chi connectivity index (χ1n) is 9.07. The first kappa shape index (κ1) is 20.4. The maximum Gasteiger partial charge on any atom is 0.292 e. The van der Waals surface area contributed by atoms with E-state index in [9.17, 15) is 4.79 Å². The van der Waals surface area contributed by atoms with Gasteiger partial charge in [0.15, 0.2) is 11.5 Å². The van der Waals surface area contributed by atoms with Crippen molar-refractivity contribution in [2.45, 2.75) is 13.3 Å². The number of anilines is 1. The number of ether oxygens (including phenoxy) is 2. The number of hydrazone groups is 1. The Hall–Kier alpha value is -3.32. The van der Waals surface area contributed by atoms with Crippen LogP contribution < -0.4 is 20.5 Å². The summed E-state index contributed by atoms with van der Waals surface area (Å²) >= 11 is 6.20. The normalized spacial score (nSPS) is 10.9. The van der Waals surface area contributed by atoms with Gasteiger partial charge in [-0.15, -0.1) is 0 Å². The van der Waals surface area contributed by atoms with Gasteiger partial charge in [-0.3, -0.25) is 10.2 Å². The van der Waals surface area contributed by atoms with E-state index in [-0.39, 0.29) is 5.02 Å². The van der Waals surface area contributed by atoms with Crippen molar-refractivity contribution in [3.05, 3.63) is 75.7 Å². The molecule has 0 atom stereocenters. The second-order valence-corrected chi connectivity index (χ2v) is 6.43. The number of hydrogen-bond donors (Lipinski definition) is 1. The van der Waals surface area contributed by atoms with Crippen LogP contribution in [0.2, 0.25) is 5.02 Å². The fourth-order valence-corrected chi connectivity index (χ4v) is 2.71. The lowest BCUT2D eigenvalue weighted by molar-refractivity contribution is 0.294. The van der Waals surface area contributed by atoms with Gasteiger partial charge >= 0.3 is 0 Å². The lowest BCUT2D eigenvalue weighted by atomic mass is 10.2. The Kier molecular flexibility index (Phi) is 6.86. The second kappa shape index (κ2) is 9.75. The van der Waals surface area contributed by atoms with Crippen molar-refractivity contribution >= 4 is 23.5 Å². The van der Waals surface area contributed by atoms with Crippen molar-refractivity contribution in [1.29, 1.82) is 0 Å². The van der Waals surface area contributed by atoms with Crippen LogP contribution in [0.15, 0.2) is 64.6 Å². The van der Waals surface area contributed by atoms with E-state index in [1.165, 1.54) is 10.9 Å². The van der Waals surface area contributed by atoms with Crippen LogP contribution in [0.3, 0.4) is 0 Å². The monoisotopic (exact) mass is 412 g/mol. The molecule has 0 saturated heterocycles. The first-order chi connectivity index (χ1) is 14.1. The molecule has 150 valence electrons. The van der Waals surface area contributed by atoms with Gasteiger partial charge < -0.3 is 9.47 Å². The van der Waals surface area contributed by atoms with E-state index in [0.29, 0.717) is 29.5 Å². The minimum absolute atomic E-state index is 0.00176. The van der Waals surface area contributed by atoms with Crippen LogP contribution >= 0.6 is 11.6 Å². The van der Waals surface area contributed by atoms with Crippen LogP contribution in [-0.4, -0.2) is 29.7 Å². The molecular weight excluding hydrogens is 392 g/mol. The molecule has 3 aromatic rings. The predicted molar refractivity (Wildman–Crippen MR) is 115 cm³/mol. The zero-order valence-corrected chi connectivity index (χ0v) is 16.9. The Morgan fingerprint density at radius 1 is 1.21 bits per heavy atom. The number of rotatable bonds is 8. The summed E-state index contributed by atoms with van der Waals surface area (Å²) in [5.74, 6) is 1.30. The maximum absolute atomic E-state index is 12.5. The van der Waals surface area contributed by atoms with Gasteiger partial charge in [-0.1, -0.05) is 36.7 Å². The second-order valence-electron chi connectivity index (χ2n) is 6.05. The minimum Gasteiger partial charge on any atom is -0.493 e. The summed E-state index contributed by atoms with van der Waals surface area (Å²) in [6.45, 7) is 2.66. The summed E-state index contributed by atoms with van der Waals surface area (Å²) in [7, 11) is 1.58. The molecular formula is C21H21ClN4O3. The van der Waals surface area contributed by atoms with Gasteiger partial charge in [-0.25, -0.2) is 0 Å². The van der Waals surface area contributed by atoms with E-state index >= 15 is 0 Å². The molecule has 7 nitrogen and oxygen atoms in total. The predicted octanol–water partition coefficient (Wildman–Crippen LogP) is 4.13. The Labute approximate surface area is 173 Å². The number of nitrogens with one attached hydrogen (secondary N) is 1. The average molecular weight is 413 g/mol. The van der Waals surface area contributed by atoms with Crippen LogP contribution in [0.4, 0.5) is 5.69 Å². The van der Waals surface area contributed by atoms with Crippen LogP contribution in [0.25, 0.3) is 5.69 Å². The Balaban J connectivity index is 1.75. The zero-order valence-electron chi connectivity index (χ0n) is 16.1. The number of halogens is 1. The fourth-order valence-electron chi connectivity index (χ4n) is 2.54. The van der Waals surface area contributed by atoms with E-state index in [2.05, 4.69) is 15.6 Å². The minimum atomic E-state index is -0.433. The van der Waals surface area contributed by atoms with Gasteiger partial charge in [0, 0.05) is 0 Å². The van der Waals surface area contributed by atoms with Gasteiger partial charge in [0.2, 0.25) is 0 Å². The van der Waals surface area contributed by atoms with Crippen molar-refractivity contribution < 1.29 is 9.47 Å². The number of benzene rings is 2. The Bertz CT molecular complexity index is 1050. The first-order valence-corrected chi connectivity index (χ1v) is 9.45. The van der Waals surface area contributed by atoms with Crippen LogP contribution in [-0.2, 0) is 0 Å². The molecule has 1 heterocycles. The van der Waals surface area contributed by atoms with Crippen LogP contribution in [0.5, 0.6) is 11.5 Å². The SMILES string of the molecule is CCCOc1ccc(/C=N/Nc2cnn(-c3ccccc3)c(=O)c2Cl)cc1OC. The van der Waals surface area contributed by atoms with Gasteiger partial charge in [0.05, 0.1) is 31.8 Å². The molecule has 8 heteroatoms. The molecule has 2 aromatic carbocycles. The lowest BCUT2D eigenvalue weighted by Crippen LogP contribution is -2.22. The third-order valence-corrected chi connectivity index (χ3v) is 4.33. The fraction of sp³-hybridized carbons (Fsp3) is 0.190. The highest BCUT2D eigenvalue weighted by atomic mass is 35.5. The molecule has 0 aliphatic heterocycles. The number of hydrogen-bond acceptors (Lipinski definition) is 6. The van der Waals surface area contributed by atoms with Crippen molar-refractivity contribution in [3.8, 4) is 17.2 Å². The molecule has 1 N–H and O–H groups in total. The molecule has 29 heavy (non-hydrogen) atoms. The highest BCUT2D eigenvalue weighted by Gasteiger charge is 2.10. The third-order valence-electron chi connectivity index (χ3n) is 3.97. The number of methoxy groups -OCH3 is 1. The highest BCUT2D eigenvalue weighted by molar-refractivity contribution is 6.32. The van der Waals surface area contributed by atoms with Crippen LogP contribution in [0.1, 0.15) is 18.9 Å². The molecule has 0 aliphatic rings. The van der Waals surface area contributed by atoms with Crippen molar-refractivity contribution in [1.82, 2.24) is 9.78 Å². The van der Waals surface area contributed by atoms with E-state index in [1.807, 2.05) is 43.3 Å². The molecule has 0 radical (unpaired) electrons. The summed E-state index contributed by atoms with van der Waals surface area (Å²) < 4.78 is 12.2. The van der Waals surface area contributed by atoms with E-state index < -0.39 is 5.56 Å². The van der Waals surface area contributed by atoms with Gasteiger partial charge in [-0.05, 0) is 42.3 Å². The van der Waals surface area contributed by atoms with Crippen molar-refractivity contribution in [2.75, 3.05) is 19.1 Å². The standard InChI is InChI=1S/C21H21ClN4O3/c1-3-11-29-18-10-9-15(12-19(18)28-2)13-23-25-17-14-24-26(21(27)20(17)22)16-7-5-4-6-8-16/h4-10,12-14,25H,3,11H2,1-2H3/b23-13+. The molecule has 1 aromatic heterocycles. The summed E-state index contributed by atoms with van der Waals surface area (Å²) in [4.78, 5) is 12.5.